The van der Waals surface area contributed by atoms with E-state index in [2.05, 4.69) is 40.3 Å². The number of aromatic amines is 1. The highest BCUT2D eigenvalue weighted by Gasteiger charge is 2.11. The number of hydrogen-bond donors (Lipinski definition) is 1. The van der Waals surface area contributed by atoms with E-state index in [0.717, 1.165) is 44.1 Å². The molecule has 0 amide bonds. The Morgan fingerprint density at radius 2 is 1.65 bits per heavy atom. The molecule has 0 radical (unpaired) electrons. The summed E-state index contributed by atoms with van der Waals surface area (Å²) in [7, 11) is 0. The van der Waals surface area contributed by atoms with Crippen LogP contribution in [0.25, 0.3) is 44.1 Å². The van der Waals surface area contributed by atoms with Gasteiger partial charge in [0.1, 0.15) is 0 Å². The fourth-order valence-corrected chi connectivity index (χ4v) is 3.16. The fourth-order valence-electron chi connectivity index (χ4n) is 3.16. The van der Waals surface area contributed by atoms with Crippen molar-refractivity contribution in [3.05, 3.63) is 72.9 Å². The second-order valence-electron chi connectivity index (χ2n) is 5.64. The van der Waals surface area contributed by atoms with E-state index < -0.39 is 0 Å². The van der Waals surface area contributed by atoms with Gasteiger partial charge < -0.3 is 4.98 Å². The molecule has 2 aromatic carbocycles. The van der Waals surface area contributed by atoms with E-state index in [0.29, 0.717) is 0 Å². The van der Waals surface area contributed by atoms with E-state index in [9.17, 15) is 0 Å². The zero-order valence-corrected chi connectivity index (χ0v) is 12.3. The molecule has 0 saturated heterocycles. The molecule has 108 valence electrons. The van der Waals surface area contributed by atoms with Crippen molar-refractivity contribution in [2.75, 3.05) is 0 Å². The number of nitrogens with zero attached hydrogens (tertiary/aromatic N) is 2. The van der Waals surface area contributed by atoms with Crippen LogP contribution < -0.4 is 0 Å². The number of pyridine rings is 2. The van der Waals surface area contributed by atoms with Gasteiger partial charge in [0.2, 0.25) is 0 Å². The molecule has 23 heavy (non-hydrogen) atoms. The number of benzene rings is 2. The second kappa shape index (κ2) is 4.65. The lowest BCUT2D eigenvalue weighted by Gasteiger charge is -2.04. The summed E-state index contributed by atoms with van der Waals surface area (Å²) < 4.78 is 0. The summed E-state index contributed by atoms with van der Waals surface area (Å²) in [4.78, 5) is 12.9. The molecule has 5 aromatic rings. The molecule has 1 N–H and O–H groups in total. The standard InChI is InChI=1S/C20H13N3/c1-3-7-16-13(5-1)9-10-18(22-16)15-11-12-21-19-14-6-2-4-8-17(14)23-20(15)19/h1-12,23H. The lowest BCUT2D eigenvalue weighted by Crippen LogP contribution is -1.87. The lowest BCUT2D eigenvalue weighted by atomic mass is 10.1. The van der Waals surface area contributed by atoms with Gasteiger partial charge in [0, 0.05) is 28.0 Å². The van der Waals surface area contributed by atoms with Gasteiger partial charge in [-0.05, 0) is 24.3 Å². The van der Waals surface area contributed by atoms with Gasteiger partial charge in [-0.15, -0.1) is 0 Å². The molecule has 0 bridgehead atoms. The lowest BCUT2D eigenvalue weighted by molar-refractivity contribution is 1.37. The molecular formula is C20H13N3. The molecule has 3 aromatic heterocycles. The first-order chi connectivity index (χ1) is 11.4. The molecule has 3 heterocycles. The van der Waals surface area contributed by atoms with E-state index in [1.54, 1.807) is 0 Å². The molecule has 0 unspecified atom stereocenters. The Morgan fingerprint density at radius 1 is 0.783 bits per heavy atom. The monoisotopic (exact) mass is 295 g/mol. The third-order valence-corrected chi connectivity index (χ3v) is 4.27. The maximum absolute atomic E-state index is 4.82. The highest BCUT2D eigenvalue weighted by molar-refractivity contribution is 6.09. The molecule has 0 aliphatic carbocycles. The molecule has 0 aliphatic rings. The summed E-state index contributed by atoms with van der Waals surface area (Å²) in [6, 6.07) is 22.6. The van der Waals surface area contributed by atoms with Crippen LogP contribution in [0, 0.1) is 0 Å². The largest absolute Gasteiger partial charge is 0.353 e. The van der Waals surface area contributed by atoms with Crippen LogP contribution in [0.15, 0.2) is 72.9 Å². The minimum Gasteiger partial charge on any atom is -0.353 e. The van der Waals surface area contributed by atoms with Crippen LogP contribution >= 0.6 is 0 Å². The van der Waals surface area contributed by atoms with Gasteiger partial charge in [-0.2, -0.15) is 0 Å². The van der Waals surface area contributed by atoms with Crippen LogP contribution in [-0.4, -0.2) is 15.0 Å². The van der Waals surface area contributed by atoms with Gasteiger partial charge >= 0.3 is 0 Å². The highest BCUT2D eigenvalue weighted by atomic mass is 14.8. The van der Waals surface area contributed by atoms with Crippen LogP contribution in [0.4, 0.5) is 0 Å². The Morgan fingerprint density at radius 3 is 2.65 bits per heavy atom. The Balaban J connectivity index is 1.84. The topological polar surface area (TPSA) is 41.6 Å². The zero-order chi connectivity index (χ0) is 15.2. The number of hydrogen-bond acceptors (Lipinski definition) is 2. The first-order valence-electron chi connectivity index (χ1n) is 7.62. The van der Waals surface area contributed by atoms with Crippen molar-refractivity contribution in [2.45, 2.75) is 0 Å². The summed E-state index contributed by atoms with van der Waals surface area (Å²) in [5, 5.41) is 2.29. The van der Waals surface area contributed by atoms with E-state index in [-0.39, 0.29) is 0 Å². The molecule has 0 atom stereocenters. The summed E-state index contributed by atoms with van der Waals surface area (Å²) in [5.41, 5.74) is 6.18. The van der Waals surface area contributed by atoms with Crippen molar-refractivity contribution < 1.29 is 0 Å². The normalized spacial score (nSPS) is 11.5. The summed E-state index contributed by atoms with van der Waals surface area (Å²) >= 11 is 0. The van der Waals surface area contributed by atoms with Crippen LogP contribution in [0.3, 0.4) is 0 Å². The highest BCUT2D eigenvalue weighted by Crippen LogP contribution is 2.31. The third kappa shape index (κ3) is 1.83. The maximum atomic E-state index is 4.82. The SMILES string of the molecule is c1ccc2nc(-c3ccnc4c3[nH]c3ccccc34)ccc2c1. The van der Waals surface area contributed by atoms with E-state index in [1.165, 1.54) is 0 Å². The Labute approximate surface area is 132 Å². The fraction of sp³-hybridized carbons (Fsp3) is 0. The van der Waals surface area contributed by atoms with Crippen molar-refractivity contribution >= 4 is 32.8 Å². The third-order valence-electron chi connectivity index (χ3n) is 4.27. The molecule has 3 heteroatoms. The van der Waals surface area contributed by atoms with Gasteiger partial charge in [0.15, 0.2) is 0 Å². The molecule has 5 rings (SSSR count). The van der Waals surface area contributed by atoms with E-state index in [1.807, 2.05) is 42.6 Å². The first kappa shape index (κ1) is 12.4. The van der Waals surface area contributed by atoms with Crippen LogP contribution in [0.1, 0.15) is 0 Å². The van der Waals surface area contributed by atoms with Crippen LogP contribution in [0.5, 0.6) is 0 Å². The zero-order valence-electron chi connectivity index (χ0n) is 12.3. The number of para-hydroxylation sites is 2. The van der Waals surface area contributed by atoms with Crippen LogP contribution in [-0.2, 0) is 0 Å². The molecule has 0 fully saturated rings. The average Bonchev–Trinajstić information content (AvgIpc) is 3.00. The number of rotatable bonds is 1. The van der Waals surface area contributed by atoms with Crippen molar-refractivity contribution in [3.63, 3.8) is 0 Å². The van der Waals surface area contributed by atoms with Gasteiger partial charge in [-0.3, -0.25) is 4.98 Å². The second-order valence-corrected chi connectivity index (χ2v) is 5.64. The smallest absolute Gasteiger partial charge is 0.0964 e. The molecule has 0 spiro atoms. The Kier molecular flexibility index (Phi) is 2.50. The maximum Gasteiger partial charge on any atom is 0.0964 e. The summed E-state index contributed by atoms with van der Waals surface area (Å²) in [6.45, 7) is 0. The summed E-state index contributed by atoms with van der Waals surface area (Å²) in [5.74, 6) is 0. The predicted molar refractivity (Wildman–Crippen MR) is 94.3 cm³/mol. The van der Waals surface area contributed by atoms with Crippen molar-refractivity contribution in [2.24, 2.45) is 0 Å². The molecule has 0 aliphatic heterocycles. The first-order valence-corrected chi connectivity index (χ1v) is 7.62. The van der Waals surface area contributed by atoms with Gasteiger partial charge in [-0.1, -0.05) is 42.5 Å². The minimum absolute atomic E-state index is 0.961. The van der Waals surface area contributed by atoms with Gasteiger partial charge in [-0.25, -0.2) is 4.98 Å². The quantitative estimate of drug-likeness (QED) is 0.476. The van der Waals surface area contributed by atoms with E-state index >= 15 is 0 Å². The Hall–Kier alpha value is -3.20. The van der Waals surface area contributed by atoms with Gasteiger partial charge in [0.05, 0.1) is 22.2 Å². The Bertz CT molecular complexity index is 1170. The van der Waals surface area contributed by atoms with Crippen molar-refractivity contribution in [1.29, 1.82) is 0 Å². The number of nitrogens with one attached hydrogen (secondary N) is 1. The summed E-state index contributed by atoms with van der Waals surface area (Å²) in [6.07, 6.45) is 1.86. The van der Waals surface area contributed by atoms with Gasteiger partial charge in [0.25, 0.3) is 0 Å². The molecule has 3 nitrogen and oxygen atoms in total. The van der Waals surface area contributed by atoms with Crippen LogP contribution in [0.2, 0.25) is 0 Å². The molecular weight excluding hydrogens is 282 g/mol. The molecule has 0 saturated carbocycles. The van der Waals surface area contributed by atoms with E-state index in [4.69, 9.17) is 4.98 Å². The number of aromatic nitrogens is 3. The predicted octanol–water partition coefficient (Wildman–Crippen LogP) is 4.93. The number of H-pyrrole nitrogens is 1. The van der Waals surface area contributed by atoms with Crippen molar-refractivity contribution in [3.8, 4) is 11.3 Å². The average molecular weight is 295 g/mol. The minimum atomic E-state index is 0.961. The van der Waals surface area contributed by atoms with Crippen molar-refractivity contribution in [1.82, 2.24) is 15.0 Å². The number of fused-ring (bicyclic) bond motifs is 4.